The average Bonchev–Trinajstić information content (AvgIpc) is 2.33. The molecule has 0 aliphatic rings. The first-order valence-electron chi connectivity index (χ1n) is 5.80. The number of nitrogens with two attached hydrogens (primary N) is 1. The quantitative estimate of drug-likeness (QED) is 0.594. The number of halogens is 4. The van der Waals surface area contributed by atoms with E-state index in [1.54, 1.807) is 0 Å². The number of anilines is 2. The van der Waals surface area contributed by atoms with Gasteiger partial charge in [-0.05, 0) is 18.6 Å². The Kier molecular flexibility index (Phi) is 6.98. The van der Waals surface area contributed by atoms with Crippen LogP contribution in [0.1, 0.15) is 12.8 Å². The highest BCUT2D eigenvalue weighted by atomic mass is 35.5. The zero-order valence-corrected chi connectivity index (χ0v) is 12.0. The summed E-state index contributed by atoms with van der Waals surface area (Å²) in [4.78, 5) is 11.6. The predicted molar refractivity (Wildman–Crippen MR) is 75.6 cm³/mol. The molecule has 8 heteroatoms. The molecule has 0 unspecified atom stereocenters. The second kappa shape index (κ2) is 8.24. The Morgan fingerprint density at radius 2 is 1.95 bits per heavy atom. The Balaban J connectivity index is 2.39. The summed E-state index contributed by atoms with van der Waals surface area (Å²) in [5.41, 5.74) is 6.20. The summed E-state index contributed by atoms with van der Waals surface area (Å²) in [6.45, 7) is -0.543. The van der Waals surface area contributed by atoms with Crippen molar-refractivity contribution in [2.45, 2.75) is 19.3 Å². The number of nitrogen functional groups attached to an aromatic ring is 1. The summed E-state index contributed by atoms with van der Waals surface area (Å²) >= 11 is 11.8. The van der Waals surface area contributed by atoms with E-state index in [0.29, 0.717) is 12.1 Å². The zero-order valence-electron chi connectivity index (χ0n) is 10.5. The topological polar surface area (TPSA) is 64.3 Å². The number of carbonyl (C=O) groups is 1. The smallest absolute Gasteiger partial charge is 0.261 e. The van der Waals surface area contributed by atoms with Crippen LogP contribution in [0.2, 0.25) is 10.0 Å². The number of hydrogen-bond acceptors (Lipinski definition) is 3. The molecule has 1 aromatic rings. The molecule has 0 radical (unpaired) electrons. The van der Waals surface area contributed by atoms with Crippen LogP contribution >= 0.6 is 23.2 Å². The molecule has 0 aliphatic carbocycles. The third kappa shape index (κ3) is 5.90. The Hall–Kier alpha value is -1.11. The normalized spacial score (nSPS) is 10.8. The van der Waals surface area contributed by atoms with E-state index in [2.05, 4.69) is 10.1 Å². The lowest BCUT2D eigenvalue weighted by Crippen LogP contribution is -2.14. The lowest BCUT2D eigenvalue weighted by Gasteiger charge is -2.10. The van der Waals surface area contributed by atoms with Crippen molar-refractivity contribution < 1.29 is 18.3 Å². The Morgan fingerprint density at radius 1 is 1.35 bits per heavy atom. The van der Waals surface area contributed by atoms with Gasteiger partial charge < -0.3 is 15.8 Å². The van der Waals surface area contributed by atoms with Crippen LogP contribution in [0, 0.1) is 0 Å². The maximum atomic E-state index is 11.8. The Morgan fingerprint density at radius 3 is 2.50 bits per heavy atom. The summed E-state index contributed by atoms with van der Waals surface area (Å²) in [7, 11) is 0. The van der Waals surface area contributed by atoms with Crippen LogP contribution in [-0.2, 0) is 9.53 Å². The van der Waals surface area contributed by atoms with Gasteiger partial charge in [-0.15, -0.1) is 0 Å². The number of ether oxygens (including phenoxy) is 1. The van der Waals surface area contributed by atoms with Crippen molar-refractivity contribution in [1.29, 1.82) is 0 Å². The van der Waals surface area contributed by atoms with E-state index in [9.17, 15) is 13.6 Å². The second-order valence-electron chi connectivity index (χ2n) is 3.98. The fourth-order valence-corrected chi connectivity index (χ4v) is 2.02. The molecule has 0 aliphatic heterocycles. The highest BCUT2D eigenvalue weighted by Crippen LogP contribution is 2.32. The van der Waals surface area contributed by atoms with Crippen molar-refractivity contribution in [3.8, 4) is 0 Å². The molecule has 0 aromatic heterocycles. The molecule has 1 aromatic carbocycles. The van der Waals surface area contributed by atoms with Crippen LogP contribution in [0.5, 0.6) is 0 Å². The van der Waals surface area contributed by atoms with Gasteiger partial charge in [0.25, 0.3) is 6.43 Å². The van der Waals surface area contributed by atoms with E-state index >= 15 is 0 Å². The summed E-state index contributed by atoms with van der Waals surface area (Å²) in [5.74, 6) is -0.334. The largest absolute Gasteiger partial charge is 0.399 e. The van der Waals surface area contributed by atoms with Crippen molar-refractivity contribution in [3.05, 3.63) is 22.2 Å². The van der Waals surface area contributed by atoms with Crippen LogP contribution in [0.4, 0.5) is 20.2 Å². The number of nitrogens with one attached hydrogen (secondary N) is 1. The molecular weight excluding hydrogens is 313 g/mol. The number of rotatable bonds is 7. The van der Waals surface area contributed by atoms with Gasteiger partial charge in [0.15, 0.2) is 0 Å². The molecule has 0 spiro atoms. The summed E-state index contributed by atoms with van der Waals surface area (Å²) in [5, 5.41) is 3.01. The van der Waals surface area contributed by atoms with Gasteiger partial charge in [0.05, 0.1) is 15.7 Å². The monoisotopic (exact) mass is 326 g/mol. The molecular formula is C12H14Cl2F2N2O2. The molecule has 0 atom stereocenters. The summed E-state index contributed by atoms with van der Waals surface area (Å²) < 4.78 is 28.2. The van der Waals surface area contributed by atoms with E-state index in [0.717, 1.165) is 0 Å². The first-order chi connectivity index (χ1) is 9.40. The molecule has 0 saturated heterocycles. The van der Waals surface area contributed by atoms with E-state index in [4.69, 9.17) is 28.9 Å². The number of alkyl halides is 2. The molecule has 0 fully saturated rings. The minimum atomic E-state index is -2.50. The van der Waals surface area contributed by atoms with Crippen molar-refractivity contribution in [2.24, 2.45) is 0 Å². The molecule has 1 amide bonds. The SMILES string of the molecule is Nc1cc(Cl)c(NC(=O)CCCOCC(F)F)c(Cl)c1. The Bertz CT molecular complexity index is 450. The van der Waals surface area contributed by atoms with E-state index in [1.165, 1.54) is 12.1 Å². The minimum Gasteiger partial charge on any atom is -0.399 e. The van der Waals surface area contributed by atoms with Gasteiger partial charge in [-0.25, -0.2) is 8.78 Å². The zero-order chi connectivity index (χ0) is 15.1. The lowest BCUT2D eigenvalue weighted by atomic mass is 10.2. The first kappa shape index (κ1) is 16.9. The number of benzene rings is 1. The van der Waals surface area contributed by atoms with Gasteiger partial charge in [-0.2, -0.15) is 0 Å². The average molecular weight is 327 g/mol. The van der Waals surface area contributed by atoms with Crippen LogP contribution in [-0.4, -0.2) is 25.5 Å². The van der Waals surface area contributed by atoms with Gasteiger partial charge in [-0.1, -0.05) is 23.2 Å². The predicted octanol–water partition coefficient (Wildman–Crippen LogP) is 3.58. The van der Waals surface area contributed by atoms with E-state index < -0.39 is 13.0 Å². The molecule has 1 rings (SSSR count). The fourth-order valence-electron chi connectivity index (χ4n) is 1.42. The van der Waals surface area contributed by atoms with Crippen LogP contribution < -0.4 is 11.1 Å². The van der Waals surface area contributed by atoms with Gasteiger partial charge in [-0.3, -0.25) is 4.79 Å². The summed E-state index contributed by atoms with van der Waals surface area (Å²) in [6.07, 6.45) is -2.07. The van der Waals surface area contributed by atoms with Crippen molar-refractivity contribution in [1.82, 2.24) is 0 Å². The second-order valence-corrected chi connectivity index (χ2v) is 4.79. The number of carbonyl (C=O) groups excluding carboxylic acids is 1. The third-order valence-electron chi connectivity index (χ3n) is 2.27. The molecule has 20 heavy (non-hydrogen) atoms. The van der Waals surface area contributed by atoms with Crippen LogP contribution in [0.15, 0.2) is 12.1 Å². The van der Waals surface area contributed by atoms with Crippen molar-refractivity contribution >= 4 is 40.5 Å². The maximum absolute atomic E-state index is 11.8. The van der Waals surface area contributed by atoms with Crippen LogP contribution in [0.3, 0.4) is 0 Å². The molecule has 0 saturated carbocycles. The van der Waals surface area contributed by atoms with Crippen molar-refractivity contribution in [2.75, 3.05) is 24.3 Å². The number of hydrogen-bond donors (Lipinski definition) is 2. The van der Waals surface area contributed by atoms with E-state index in [-0.39, 0.29) is 34.7 Å². The molecule has 3 N–H and O–H groups in total. The fraction of sp³-hybridized carbons (Fsp3) is 0.417. The molecule has 0 heterocycles. The maximum Gasteiger partial charge on any atom is 0.261 e. The van der Waals surface area contributed by atoms with E-state index in [1.807, 2.05) is 0 Å². The number of amides is 1. The van der Waals surface area contributed by atoms with Crippen molar-refractivity contribution in [3.63, 3.8) is 0 Å². The molecule has 112 valence electrons. The van der Waals surface area contributed by atoms with Gasteiger partial charge in [0.2, 0.25) is 5.91 Å². The highest BCUT2D eigenvalue weighted by Gasteiger charge is 2.11. The lowest BCUT2D eigenvalue weighted by molar-refractivity contribution is -0.116. The molecule has 4 nitrogen and oxygen atoms in total. The summed E-state index contributed by atoms with van der Waals surface area (Å²) in [6, 6.07) is 2.93. The first-order valence-corrected chi connectivity index (χ1v) is 6.56. The Labute approximate surface area is 125 Å². The standard InChI is InChI=1S/C12H14Cl2F2N2O2/c13-8-4-7(17)5-9(14)12(8)18-11(19)2-1-3-20-6-10(15)16/h4-5,10H,1-3,6,17H2,(H,18,19). The van der Waals surface area contributed by atoms with Gasteiger partial charge in [0, 0.05) is 18.7 Å². The van der Waals surface area contributed by atoms with Gasteiger partial charge in [0.1, 0.15) is 6.61 Å². The highest BCUT2D eigenvalue weighted by molar-refractivity contribution is 6.40. The third-order valence-corrected chi connectivity index (χ3v) is 2.86. The minimum absolute atomic E-state index is 0.0843. The van der Waals surface area contributed by atoms with Gasteiger partial charge >= 0.3 is 0 Å². The van der Waals surface area contributed by atoms with Crippen LogP contribution in [0.25, 0.3) is 0 Å². The molecule has 0 bridgehead atoms.